The molecule has 0 amide bonds. The second-order valence-corrected chi connectivity index (χ2v) is 5.75. The predicted octanol–water partition coefficient (Wildman–Crippen LogP) is 2.71. The predicted molar refractivity (Wildman–Crippen MR) is 93.3 cm³/mol. The Morgan fingerprint density at radius 3 is 2.77 bits per heavy atom. The molecule has 1 aliphatic heterocycles. The van der Waals surface area contributed by atoms with E-state index >= 15 is 0 Å². The van der Waals surface area contributed by atoms with Gasteiger partial charge in [-0.05, 0) is 19.1 Å². The molecule has 0 atom stereocenters. The number of benzene rings is 2. The largest absolute Gasteiger partial charge is 0.281 e. The van der Waals surface area contributed by atoms with Gasteiger partial charge in [0.1, 0.15) is 17.9 Å². The van der Waals surface area contributed by atoms with E-state index < -0.39 is 4.92 Å². The van der Waals surface area contributed by atoms with Gasteiger partial charge in [0.15, 0.2) is 5.82 Å². The Bertz CT molecular complexity index is 1120. The Morgan fingerprint density at radius 2 is 2.00 bits per heavy atom. The van der Waals surface area contributed by atoms with Crippen molar-refractivity contribution in [1.82, 2.24) is 14.8 Å². The van der Waals surface area contributed by atoms with Crippen LogP contribution in [0.25, 0.3) is 5.69 Å². The molecule has 1 aromatic heterocycles. The Hall–Kier alpha value is -3.86. The van der Waals surface area contributed by atoms with Crippen molar-refractivity contribution < 1.29 is 4.92 Å². The average Bonchev–Trinajstić information content (AvgIpc) is 2.93. The SMILES string of the molecule is Cc1nnc2n1-c1cccc([N+](=O)[O-])c1C(c1ccccc1C#N)=NC2. The van der Waals surface area contributed by atoms with E-state index in [2.05, 4.69) is 21.3 Å². The van der Waals surface area contributed by atoms with E-state index in [0.717, 1.165) is 0 Å². The summed E-state index contributed by atoms with van der Waals surface area (Å²) in [5, 5.41) is 29.4. The minimum absolute atomic E-state index is 0.0741. The van der Waals surface area contributed by atoms with Crippen molar-refractivity contribution in [3.63, 3.8) is 0 Å². The van der Waals surface area contributed by atoms with E-state index in [1.54, 1.807) is 47.9 Å². The highest BCUT2D eigenvalue weighted by atomic mass is 16.6. The van der Waals surface area contributed by atoms with Gasteiger partial charge in [-0.3, -0.25) is 19.7 Å². The van der Waals surface area contributed by atoms with E-state index in [4.69, 9.17) is 0 Å². The third-order valence-corrected chi connectivity index (χ3v) is 4.27. The molecule has 2 heterocycles. The van der Waals surface area contributed by atoms with Crippen molar-refractivity contribution in [3.8, 4) is 11.8 Å². The fourth-order valence-corrected chi connectivity index (χ4v) is 3.17. The summed E-state index contributed by atoms with van der Waals surface area (Å²) in [7, 11) is 0. The molecule has 0 N–H and O–H groups in total. The summed E-state index contributed by atoms with van der Waals surface area (Å²) >= 11 is 0. The standard InChI is InChI=1S/C18H12N6O2/c1-11-21-22-16-10-20-18(13-6-3-2-5-12(13)9-19)17-14(23(11)16)7-4-8-15(17)24(25)26/h2-8H,10H2,1H3. The van der Waals surface area contributed by atoms with Gasteiger partial charge in [0.2, 0.25) is 0 Å². The summed E-state index contributed by atoms with van der Waals surface area (Å²) in [6, 6.07) is 13.9. The number of nitriles is 1. The zero-order valence-electron chi connectivity index (χ0n) is 13.7. The van der Waals surface area contributed by atoms with Crippen molar-refractivity contribution in [2.75, 3.05) is 0 Å². The molecule has 4 rings (SSSR count). The van der Waals surface area contributed by atoms with Crippen LogP contribution in [0.2, 0.25) is 0 Å². The Labute approximate surface area is 148 Å². The maximum absolute atomic E-state index is 11.7. The maximum Gasteiger partial charge on any atom is 0.280 e. The lowest BCUT2D eigenvalue weighted by Crippen LogP contribution is -2.12. The molecular weight excluding hydrogens is 332 g/mol. The van der Waals surface area contributed by atoms with Crippen LogP contribution in [-0.2, 0) is 6.54 Å². The number of nitrogens with zero attached hydrogens (tertiary/aromatic N) is 6. The quantitative estimate of drug-likeness (QED) is 0.524. The van der Waals surface area contributed by atoms with Crippen LogP contribution in [0, 0.1) is 28.4 Å². The maximum atomic E-state index is 11.7. The van der Waals surface area contributed by atoms with Gasteiger partial charge in [-0.25, -0.2) is 0 Å². The topological polar surface area (TPSA) is 110 Å². The number of aromatic nitrogens is 3. The number of fused-ring (bicyclic) bond motifs is 3. The van der Waals surface area contributed by atoms with Crippen LogP contribution < -0.4 is 0 Å². The third-order valence-electron chi connectivity index (χ3n) is 4.27. The van der Waals surface area contributed by atoms with Crippen LogP contribution in [0.4, 0.5) is 5.69 Å². The molecule has 0 unspecified atom stereocenters. The van der Waals surface area contributed by atoms with Gasteiger partial charge in [-0.2, -0.15) is 5.26 Å². The van der Waals surface area contributed by atoms with E-state index in [9.17, 15) is 15.4 Å². The molecule has 0 fully saturated rings. The average molecular weight is 344 g/mol. The second-order valence-electron chi connectivity index (χ2n) is 5.75. The molecule has 8 heteroatoms. The number of aliphatic imine (C=N–C) groups is 1. The van der Waals surface area contributed by atoms with Gasteiger partial charge in [0.05, 0.1) is 28.0 Å². The molecule has 2 aromatic carbocycles. The molecule has 0 bridgehead atoms. The highest BCUT2D eigenvalue weighted by Crippen LogP contribution is 2.32. The first-order valence-electron chi connectivity index (χ1n) is 7.85. The van der Waals surface area contributed by atoms with Crippen molar-refractivity contribution in [1.29, 1.82) is 5.26 Å². The van der Waals surface area contributed by atoms with Crippen molar-refractivity contribution in [2.24, 2.45) is 4.99 Å². The van der Waals surface area contributed by atoms with Crippen LogP contribution in [0.15, 0.2) is 47.5 Å². The van der Waals surface area contributed by atoms with Crippen LogP contribution in [0.5, 0.6) is 0 Å². The van der Waals surface area contributed by atoms with Gasteiger partial charge < -0.3 is 0 Å². The molecule has 1 aliphatic rings. The lowest BCUT2D eigenvalue weighted by Gasteiger charge is -2.13. The summed E-state index contributed by atoms with van der Waals surface area (Å²) in [6.07, 6.45) is 0. The summed E-state index contributed by atoms with van der Waals surface area (Å²) in [4.78, 5) is 15.8. The molecular formula is C18H12N6O2. The van der Waals surface area contributed by atoms with Gasteiger partial charge in [0.25, 0.3) is 5.69 Å². The molecule has 26 heavy (non-hydrogen) atoms. The van der Waals surface area contributed by atoms with E-state index in [1.165, 1.54) is 6.07 Å². The number of hydrogen-bond donors (Lipinski definition) is 0. The Kier molecular flexibility index (Phi) is 3.55. The van der Waals surface area contributed by atoms with Gasteiger partial charge >= 0.3 is 0 Å². The normalized spacial score (nSPS) is 12.4. The molecule has 0 spiro atoms. The fourth-order valence-electron chi connectivity index (χ4n) is 3.17. The summed E-state index contributed by atoms with van der Waals surface area (Å²) in [5.41, 5.74) is 2.25. The van der Waals surface area contributed by atoms with E-state index in [0.29, 0.717) is 39.7 Å². The van der Waals surface area contributed by atoms with Crippen molar-refractivity contribution in [3.05, 3.63) is 80.9 Å². The third kappa shape index (κ3) is 2.26. The lowest BCUT2D eigenvalue weighted by molar-refractivity contribution is -0.385. The van der Waals surface area contributed by atoms with Crippen LogP contribution in [-0.4, -0.2) is 25.4 Å². The first-order chi connectivity index (χ1) is 12.6. The van der Waals surface area contributed by atoms with Crippen molar-refractivity contribution in [2.45, 2.75) is 13.5 Å². The van der Waals surface area contributed by atoms with Crippen LogP contribution in [0.1, 0.15) is 28.3 Å². The molecule has 0 aliphatic carbocycles. The number of aryl methyl sites for hydroxylation is 1. The number of nitro benzene ring substituents is 1. The minimum Gasteiger partial charge on any atom is -0.281 e. The Morgan fingerprint density at radius 1 is 1.19 bits per heavy atom. The number of nitro groups is 1. The second kappa shape index (κ2) is 5.89. The van der Waals surface area contributed by atoms with E-state index in [-0.39, 0.29) is 12.2 Å². The number of rotatable bonds is 2. The van der Waals surface area contributed by atoms with Gasteiger partial charge in [-0.1, -0.05) is 24.3 Å². The first kappa shape index (κ1) is 15.7. The highest BCUT2D eigenvalue weighted by molar-refractivity contribution is 6.18. The van der Waals surface area contributed by atoms with Crippen molar-refractivity contribution >= 4 is 11.4 Å². The fraction of sp³-hybridized carbons (Fsp3) is 0.111. The summed E-state index contributed by atoms with van der Waals surface area (Å²) in [6.45, 7) is 2.00. The minimum atomic E-state index is -0.436. The molecule has 0 radical (unpaired) electrons. The molecule has 8 nitrogen and oxygen atoms in total. The summed E-state index contributed by atoms with van der Waals surface area (Å²) < 4.78 is 1.77. The zero-order chi connectivity index (χ0) is 18.3. The van der Waals surface area contributed by atoms with E-state index in [1.807, 2.05) is 0 Å². The molecule has 3 aromatic rings. The Balaban J connectivity index is 2.10. The molecule has 126 valence electrons. The monoisotopic (exact) mass is 344 g/mol. The van der Waals surface area contributed by atoms with Gasteiger partial charge in [0, 0.05) is 11.6 Å². The molecule has 0 saturated heterocycles. The first-order valence-corrected chi connectivity index (χ1v) is 7.85. The van der Waals surface area contributed by atoms with Crippen LogP contribution in [0.3, 0.4) is 0 Å². The summed E-state index contributed by atoms with van der Waals surface area (Å²) in [5.74, 6) is 1.21. The smallest absolute Gasteiger partial charge is 0.280 e. The van der Waals surface area contributed by atoms with Crippen LogP contribution >= 0.6 is 0 Å². The van der Waals surface area contributed by atoms with Gasteiger partial charge in [-0.15, -0.1) is 10.2 Å². The lowest BCUT2D eigenvalue weighted by atomic mass is 9.95. The molecule has 0 saturated carbocycles. The highest BCUT2D eigenvalue weighted by Gasteiger charge is 2.29. The zero-order valence-corrected chi connectivity index (χ0v) is 13.7. The number of hydrogen-bond acceptors (Lipinski definition) is 6.